The minimum absolute atomic E-state index is 0.0194. The van der Waals surface area contributed by atoms with Crippen LogP contribution in [-0.4, -0.2) is 22.7 Å². The van der Waals surface area contributed by atoms with E-state index in [0.717, 1.165) is 24.8 Å². The largest absolute Gasteiger partial charge is 0.504 e. The van der Waals surface area contributed by atoms with Gasteiger partial charge in [-0.3, -0.25) is 4.79 Å². The lowest BCUT2D eigenvalue weighted by molar-refractivity contribution is -0.121. The molecule has 0 aromatic heterocycles. The molecule has 0 heterocycles. The summed E-state index contributed by atoms with van der Waals surface area (Å²) in [7, 11) is 0. The molecule has 4 nitrogen and oxygen atoms in total. The number of unbranched alkanes of at least 4 members (excludes halogenated alkanes) is 2. The zero-order chi connectivity index (χ0) is 30.2. The van der Waals surface area contributed by atoms with Crippen LogP contribution in [0.2, 0.25) is 0 Å². The first-order chi connectivity index (χ1) is 18.8. The van der Waals surface area contributed by atoms with Gasteiger partial charge in [0.05, 0.1) is 11.0 Å². The fourth-order valence-electron chi connectivity index (χ4n) is 2.64. The monoisotopic (exact) mass is 447 g/mol. The molecule has 0 bridgehead atoms. The van der Waals surface area contributed by atoms with Gasteiger partial charge >= 0.3 is 0 Å². The Morgan fingerprint density at radius 1 is 0.875 bits per heavy atom. The Morgan fingerprint density at radius 3 is 2.06 bits per heavy atom. The molecule has 1 aromatic carbocycles. The van der Waals surface area contributed by atoms with E-state index in [1.165, 1.54) is 12.1 Å². The lowest BCUT2D eigenvalue weighted by atomic mass is 10.1. The van der Waals surface area contributed by atoms with Crippen LogP contribution < -0.4 is 5.32 Å². The first kappa shape index (κ1) is 16.8. The SMILES string of the molecule is [2H]/C(CCCCC)=C(/[2H])C/C([2H])=C(\[2H])C/C([2H])=C(\[2H])C/C([2H])=C(\[2H])CCCC(=O)NCCc1ccc(O)c(O)c1. The maximum Gasteiger partial charge on any atom is 0.220 e. The van der Waals surface area contributed by atoms with Gasteiger partial charge in [0.15, 0.2) is 11.5 Å². The molecule has 0 aliphatic carbocycles. The van der Waals surface area contributed by atoms with Gasteiger partial charge in [0.2, 0.25) is 5.91 Å². The molecule has 3 N–H and O–H groups in total. The molecule has 0 radical (unpaired) electrons. The summed E-state index contributed by atoms with van der Waals surface area (Å²) in [5.74, 6) is -0.656. The molecule has 0 saturated carbocycles. The van der Waals surface area contributed by atoms with Crippen LogP contribution >= 0.6 is 0 Å². The summed E-state index contributed by atoms with van der Waals surface area (Å²) < 4.78 is 64.3. The quantitative estimate of drug-likeness (QED) is 0.138. The second kappa shape index (κ2) is 19.0. The molecule has 1 rings (SSSR count). The molecule has 0 aliphatic heterocycles. The van der Waals surface area contributed by atoms with E-state index in [1.807, 2.05) is 6.92 Å². The summed E-state index contributed by atoms with van der Waals surface area (Å²) in [5, 5.41) is 21.6. The molecule has 1 amide bonds. The van der Waals surface area contributed by atoms with Crippen LogP contribution in [0.25, 0.3) is 0 Å². The van der Waals surface area contributed by atoms with Crippen molar-refractivity contribution in [2.45, 2.75) is 77.6 Å². The van der Waals surface area contributed by atoms with E-state index < -0.39 is 0 Å². The number of phenolic OH excluding ortho intramolecular Hbond substituents is 2. The molecular formula is C28H41NO3. The second-order valence-corrected chi connectivity index (χ2v) is 7.18. The Balaban J connectivity index is 2.54. The Labute approximate surface area is 205 Å². The van der Waals surface area contributed by atoms with Crippen molar-refractivity contribution in [2.75, 3.05) is 6.54 Å². The number of hydrogen-bond acceptors (Lipinski definition) is 3. The third kappa shape index (κ3) is 15.1. The molecule has 32 heavy (non-hydrogen) atoms. The Hall–Kier alpha value is -2.75. The number of nitrogens with one attached hydrogen (secondary N) is 1. The van der Waals surface area contributed by atoms with Crippen LogP contribution in [0.1, 0.15) is 87.7 Å². The first-order valence-corrected chi connectivity index (χ1v) is 11.2. The Bertz CT molecular complexity index is 1130. The summed E-state index contributed by atoms with van der Waals surface area (Å²) in [6.45, 7) is 2.38. The van der Waals surface area contributed by atoms with Crippen molar-refractivity contribution in [3.8, 4) is 11.5 Å². The van der Waals surface area contributed by atoms with Crippen LogP contribution in [0, 0.1) is 0 Å². The van der Waals surface area contributed by atoms with Crippen molar-refractivity contribution < 1.29 is 26.0 Å². The highest BCUT2D eigenvalue weighted by Gasteiger charge is 2.03. The lowest BCUT2D eigenvalue weighted by Crippen LogP contribution is -2.25. The number of benzene rings is 1. The fourth-order valence-corrected chi connectivity index (χ4v) is 2.64. The van der Waals surface area contributed by atoms with Crippen molar-refractivity contribution in [1.82, 2.24) is 5.32 Å². The number of phenols is 2. The maximum absolute atomic E-state index is 12.0. The number of rotatable bonds is 17. The smallest absolute Gasteiger partial charge is 0.220 e. The number of allylic oxidation sites excluding steroid dienone is 8. The minimum Gasteiger partial charge on any atom is -0.504 e. The van der Waals surface area contributed by atoms with Crippen LogP contribution in [0.15, 0.2) is 66.6 Å². The predicted octanol–water partition coefficient (Wildman–Crippen LogP) is 6.90. The molecule has 0 unspecified atom stereocenters. The van der Waals surface area contributed by atoms with Gasteiger partial charge in [0.1, 0.15) is 0 Å². The van der Waals surface area contributed by atoms with Gasteiger partial charge in [-0.25, -0.2) is 0 Å². The van der Waals surface area contributed by atoms with E-state index in [9.17, 15) is 15.0 Å². The van der Waals surface area contributed by atoms with Gasteiger partial charge < -0.3 is 15.5 Å². The van der Waals surface area contributed by atoms with Gasteiger partial charge in [0, 0.05) is 13.0 Å². The zero-order valence-corrected chi connectivity index (χ0v) is 19.0. The van der Waals surface area contributed by atoms with Gasteiger partial charge in [-0.15, -0.1) is 0 Å². The third-order valence-corrected chi connectivity index (χ3v) is 4.42. The van der Waals surface area contributed by atoms with Gasteiger partial charge in [0.25, 0.3) is 0 Å². The van der Waals surface area contributed by atoms with Gasteiger partial charge in [-0.05, 0) is 69.1 Å². The molecule has 0 aliphatic rings. The number of amides is 1. The van der Waals surface area contributed by atoms with E-state index in [1.54, 1.807) is 6.07 Å². The van der Waals surface area contributed by atoms with E-state index in [0.29, 0.717) is 25.8 Å². The Morgan fingerprint density at radius 2 is 1.47 bits per heavy atom. The van der Waals surface area contributed by atoms with Crippen molar-refractivity contribution >= 4 is 5.91 Å². The second-order valence-electron chi connectivity index (χ2n) is 7.18. The average Bonchev–Trinajstić information content (AvgIpc) is 2.90. The number of carbonyl (C=O) groups is 1. The van der Waals surface area contributed by atoms with E-state index >= 15 is 0 Å². The molecule has 0 atom stereocenters. The third-order valence-electron chi connectivity index (χ3n) is 4.42. The number of carbonyl (C=O) groups excluding carboxylic acids is 1. The van der Waals surface area contributed by atoms with Crippen molar-refractivity contribution in [3.63, 3.8) is 0 Å². The van der Waals surface area contributed by atoms with Crippen molar-refractivity contribution in [1.29, 1.82) is 0 Å². The van der Waals surface area contributed by atoms with E-state index in [2.05, 4.69) is 5.32 Å². The molecular weight excluding hydrogens is 398 g/mol. The van der Waals surface area contributed by atoms with E-state index in [4.69, 9.17) is 11.0 Å². The highest BCUT2D eigenvalue weighted by Crippen LogP contribution is 2.24. The summed E-state index contributed by atoms with van der Waals surface area (Å²) in [4.78, 5) is 12.0. The van der Waals surface area contributed by atoms with Crippen LogP contribution in [0.4, 0.5) is 0 Å². The van der Waals surface area contributed by atoms with Crippen LogP contribution in [0.5, 0.6) is 11.5 Å². The highest BCUT2D eigenvalue weighted by molar-refractivity contribution is 5.75. The number of hydrogen-bond donors (Lipinski definition) is 3. The summed E-state index contributed by atoms with van der Waals surface area (Å²) in [5.41, 5.74) is 0.753. The molecule has 0 fully saturated rings. The molecule has 176 valence electrons. The molecule has 0 spiro atoms. The van der Waals surface area contributed by atoms with Gasteiger partial charge in [-0.1, -0.05) is 74.2 Å². The fraction of sp³-hybridized carbons (Fsp3) is 0.464. The first-order valence-electron chi connectivity index (χ1n) is 15.2. The van der Waals surface area contributed by atoms with Crippen molar-refractivity contribution in [3.05, 3.63) is 72.2 Å². The van der Waals surface area contributed by atoms with Gasteiger partial charge in [-0.2, -0.15) is 0 Å². The molecule has 4 heteroatoms. The Kier molecular flexibility index (Phi) is 9.98. The summed E-state index contributed by atoms with van der Waals surface area (Å²) in [6.07, 6.45) is 3.60. The van der Waals surface area contributed by atoms with Crippen LogP contribution in [-0.2, 0) is 11.2 Å². The molecule has 1 aromatic rings. The highest BCUT2D eigenvalue weighted by atomic mass is 16.3. The topological polar surface area (TPSA) is 69.6 Å². The van der Waals surface area contributed by atoms with Crippen molar-refractivity contribution in [2.24, 2.45) is 0 Å². The maximum atomic E-state index is 12.0. The number of aromatic hydroxyl groups is 2. The van der Waals surface area contributed by atoms with Crippen LogP contribution in [0.3, 0.4) is 0 Å². The predicted molar refractivity (Wildman–Crippen MR) is 135 cm³/mol. The lowest BCUT2D eigenvalue weighted by Gasteiger charge is -2.06. The minimum atomic E-state index is -0.293. The summed E-state index contributed by atoms with van der Waals surface area (Å²) >= 11 is 0. The standard InChI is InChI=1S/C28H41NO3/c1-2-3-4-5-6-7-8-9-10-11-12-13-14-15-16-17-18-19-28(32)29-23-22-25-20-21-26(30)27(31)24-25/h6-7,9-10,12-13,15-16,20-21,24,30-31H,2-5,8,11,14,17-19,22-23H2,1H3,(H,29,32)/b7-6+,10-9+,13-12+,16-15+/i6D,7D,9D,10D,12D,13D,15D,16D. The summed E-state index contributed by atoms with van der Waals surface area (Å²) in [6, 6.07) is 3.53. The zero-order valence-electron chi connectivity index (χ0n) is 27.0. The average molecular weight is 448 g/mol. The molecule has 0 saturated heterocycles. The normalized spacial score (nSPS) is 18.0. The van der Waals surface area contributed by atoms with E-state index in [-0.39, 0.29) is 97.9 Å².